The highest BCUT2D eigenvalue weighted by atomic mass is 32.2. The molecule has 2 aliphatic rings. The van der Waals surface area contributed by atoms with E-state index in [-0.39, 0.29) is 22.8 Å². The lowest BCUT2D eigenvalue weighted by molar-refractivity contribution is -0.384. The average molecular weight is 435 g/mol. The summed E-state index contributed by atoms with van der Waals surface area (Å²) in [6.45, 7) is 1.84. The molecule has 2 amide bonds. The molecule has 1 aromatic heterocycles. The van der Waals surface area contributed by atoms with E-state index in [4.69, 9.17) is 4.74 Å². The number of nitro groups is 1. The SMILES string of the molecule is Cc1cc(Oc2ccc3c(c2)CC[C@H]3C2SC(=O)NC2=O)c2cc([N+](=O)[O-])ccc2n1. The lowest BCUT2D eigenvalue weighted by Crippen LogP contribution is -2.27. The van der Waals surface area contributed by atoms with Gasteiger partial charge in [0, 0.05) is 35.2 Å². The number of carbonyl (C=O) groups is 2. The van der Waals surface area contributed by atoms with Crippen molar-refractivity contribution in [2.75, 3.05) is 0 Å². The Morgan fingerprint density at radius 1 is 1.19 bits per heavy atom. The molecule has 2 aromatic carbocycles. The number of imide groups is 1. The summed E-state index contributed by atoms with van der Waals surface area (Å²) in [6, 6.07) is 12.0. The zero-order chi connectivity index (χ0) is 21.7. The van der Waals surface area contributed by atoms with E-state index in [1.165, 1.54) is 12.1 Å². The molecule has 2 atom stereocenters. The summed E-state index contributed by atoms with van der Waals surface area (Å²) < 4.78 is 6.13. The molecule has 0 radical (unpaired) electrons. The van der Waals surface area contributed by atoms with E-state index in [1.54, 1.807) is 12.1 Å². The first-order valence-electron chi connectivity index (χ1n) is 9.77. The number of non-ortho nitro benzene ring substituents is 1. The van der Waals surface area contributed by atoms with Crippen molar-refractivity contribution in [3.8, 4) is 11.5 Å². The minimum Gasteiger partial charge on any atom is -0.457 e. The van der Waals surface area contributed by atoms with Crippen molar-refractivity contribution in [2.45, 2.75) is 30.9 Å². The number of nitrogens with zero attached hydrogens (tertiary/aromatic N) is 2. The van der Waals surface area contributed by atoms with Crippen LogP contribution in [0.1, 0.15) is 29.2 Å². The zero-order valence-corrected chi connectivity index (χ0v) is 17.3. The van der Waals surface area contributed by atoms with Crippen molar-refractivity contribution in [1.82, 2.24) is 10.3 Å². The maximum Gasteiger partial charge on any atom is 0.286 e. The summed E-state index contributed by atoms with van der Waals surface area (Å²) in [6.07, 6.45) is 1.58. The van der Waals surface area contributed by atoms with Crippen LogP contribution in [-0.2, 0) is 11.2 Å². The van der Waals surface area contributed by atoms with Crippen LogP contribution in [0.15, 0.2) is 42.5 Å². The molecule has 31 heavy (non-hydrogen) atoms. The van der Waals surface area contributed by atoms with Gasteiger partial charge in [-0.2, -0.15) is 0 Å². The van der Waals surface area contributed by atoms with Gasteiger partial charge in [-0.05, 0) is 49.1 Å². The van der Waals surface area contributed by atoms with Crippen LogP contribution >= 0.6 is 11.8 Å². The van der Waals surface area contributed by atoms with Gasteiger partial charge in [-0.3, -0.25) is 30.0 Å². The van der Waals surface area contributed by atoms with Crippen molar-refractivity contribution in [2.24, 2.45) is 0 Å². The lowest BCUT2D eigenvalue weighted by Gasteiger charge is -2.16. The van der Waals surface area contributed by atoms with Crippen molar-refractivity contribution in [3.05, 3.63) is 69.4 Å². The summed E-state index contributed by atoms with van der Waals surface area (Å²) in [5.74, 6) is 0.870. The van der Waals surface area contributed by atoms with Crippen LogP contribution in [0.25, 0.3) is 10.9 Å². The Balaban J connectivity index is 1.47. The number of hydrogen-bond acceptors (Lipinski definition) is 7. The fourth-order valence-electron chi connectivity index (χ4n) is 4.27. The van der Waals surface area contributed by atoms with Crippen molar-refractivity contribution >= 4 is 39.5 Å². The number of aryl methyl sites for hydroxylation is 2. The summed E-state index contributed by atoms with van der Waals surface area (Å²) in [7, 11) is 0. The zero-order valence-electron chi connectivity index (χ0n) is 16.5. The molecule has 156 valence electrons. The van der Waals surface area contributed by atoms with Gasteiger partial charge in [-0.15, -0.1) is 0 Å². The van der Waals surface area contributed by atoms with Crippen molar-refractivity contribution in [3.63, 3.8) is 0 Å². The van der Waals surface area contributed by atoms with Crippen LogP contribution in [0, 0.1) is 17.0 Å². The number of thioether (sulfide) groups is 1. The number of amides is 2. The molecule has 1 N–H and O–H groups in total. The molecule has 1 unspecified atom stereocenters. The van der Waals surface area contributed by atoms with Gasteiger partial charge in [0.2, 0.25) is 5.91 Å². The number of rotatable bonds is 4. The molecular weight excluding hydrogens is 418 g/mol. The Labute approximate surface area is 181 Å². The van der Waals surface area contributed by atoms with E-state index in [1.807, 2.05) is 25.1 Å². The maximum atomic E-state index is 12.1. The number of pyridine rings is 1. The second kappa shape index (κ2) is 7.35. The van der Waals surface area contributed by atoms with Gasteiger partial charge in [0.1, 0.15) is 16.7 Å². The smallest absolute Gasteiger partial charge is 0.286 e. The fraction of sp³-hybridized carbons (Fsp3) is 0.227. The Morgan fingerprint density at radius 3 is 2.77 bits per heavy atom. The third-order valence-electron chi connectivity index (χ3n) is 5.64. The highest BCUT2D eigenvalue weighted by Crippen LogP contribution is 2.44. The number of ether oxygens (including phenoxy) is 1. The number of nitrogens with one attached hydrogen (secondary N) is 1. The fourth-order valence-corrected chi connectivity index (χ4v) is 5.28. The molecule has 8 nitrogen and oxygen atoms in total. The largest absolute Gasteiger partial charge is 0.457 e. The number of aromatic nitrogens is 1. The van der Waals surface area contributed by atoms with Crippen LogP contribution in [0.3, 0.4) is 0 Å². The number of hydrogen-bond donors (Lipinski definition) is 1. The first kappa shape index (κ1) is 19.5. The van der Waals surface area contributed by atoms with Crippen molar-refractivity contribution in [1.29, 1.82) is 0 Å². The van der Waals surface area contributed by atoms with Gasteiger partial charge in [0.05, 0.1) is 10.4 Å². The van der Waals surface area contributed by atoms with Gasteiger partial charge < -0.3 is 4.74 Å². The summed E-state index contributed by atoms with van der Waals surface area (Å²) >= 11 is 1.06. The average Bonchev–Trinajstić information content (AvgIpc) is 3.29. The molecule has 9 heteroatoms. The Kier molecular flexibility index (Phi) is 4.62. The molecule has 5 rings (SSSR count). The van der Waals surface area contributed by atoms with Crippen molar-refractivity contribution < 1.29 is 19.2 Å². The second-order valence-electron chi connectivity index (χ2n) is 7.64. The molecular formula is C22H17N3O5S. The Hall–Kier alpha value is -3.46. The molecule has 0 saturated carbocycles. The van der Waals surface area contributed by atoms with Gasteiger partial charge in [-0.25, -0.2) is 0 Å². The molecule has 2 heterocycles. The normalized spacial score (nSPS) is 20.0. The maximum absolute atomic E-state index is 12.1. The van der Waals surface area contributed by atoms with E-state index in [2.05, 4.69) is 10.3 Å². The first-order chi connectivity index (χ1) is 14.9. The second-order valence-corrected chi connectivity index (χ2v) is 8.76. The van der Waals surface area contributed by atoms with Crippen LogP contribution < -0.4 is 10.1 Å². The van der Waals surface area contributed by atoms with Crippen LogP contribution in [-0.4, -0.2) is 26.3 Å². The standard InChI is InChI=1S/C22H17N3O5S/c1-11-8-19(17-10-13(25(28)29)3-7-18(17)23-11)30-14-4-6-15-12(9-14)2-5-16(15)20-21(26)24-22(27)31-20/h3-4,6-10,16,20H,2,5H2,1H3,(H,24,26,27)/t16-,20?/m1/s1. The van der Waals surface area contributed by atoms with Crippen LogP contribution in [0.2, 0.25) is 0 Å². The highest BCUT2D eigenvalue weighted by Gasteiger charge is 2.41. The number of fused-ring (bicyclic) bond motifs is 2. The first-order valence-corrected chi connectivity index (χ1v) is 10.6. The lowest BCUT2D eigenvalue weighted by atomic mass is 9.97. The van der Waals surface area contributed by atoms with Gasteiger partial charge >= 0.3 is 0 Å². The van der Waals surface area contributed by atoms with Crippen LogP contribution in [0.4, 0.5) is 10.5 Å². The minimum absolute atomic E-state index is 0.00727. The van der Waals surface area contributed by atoms with Gasteiger partial charge in [0.25, 0.3) is 10.9 Å². The third-order valence-corrected chi connectivity index (χ3v) is 6.76. The van der Waals surface area contributed by atoms with Gasteiger partial charge in [0.15, 0.2) is 0 Å². The summed E-state index contributed by atoms with van der Waals surface area (Å²) in [5, 5.41) is 13.4. The summed E-state index contributed by atoms with van der Waals surface area (Å²) in [4.78, 5) is 38.8. The summed E-state index contributed by atoms with van der Waals surface area (Å²) in [5.41, 5.74) is 3.47. The van der Waals surface area contributed by atoms with E-state index >= 15 is 0 Å². The predicted molar refractivity (Wildman–Crippen MR) is 116 cm³/mol. The van der Waals surface area contributed by atoms with E-state index in [0.717, 1.165) is 41.4 Å². The Bertz CT molecular complexity index is 1280. The highest BCUT2D eigenvalue weighted by molar-refractivity contribution is 8.15. The minimum atomic E-state index is -0.444. The van der Waals surface area contributed by atoms with Crippen LogP contribution in [0.5, 0.6) is 11.5 Å². The molecule has 1 saturated heterocycles. The molecule has 1 fully saturated rings. The van der Waals surface area contributed by atoms with E-state index in [0.29, 0.717) is 22.4 Å². The molecule has 3 aromatic rings. The Morgan fingerprint density at radius 2 is 2.03 bits per heavy atom. The molecule has 0 bridgehead atoms. The van der Waals surface area contributed by atoms with E-state index < -0.39 is 10.2 Å². The molecule has 1 aliphatic carbocycles. The molecule has 0 spiro atoms. The quantitative estimate of drug-likeness (QED) is 0.470. The number of carbonyl (C=O) groups excluding carboxylic acids is 2. The number of nitro benzene ring substituents is 1. The van der Waals surface area contributed by atoms with Gasteiger partial charge in [-0.1, -0.05) is 17.8 Å². The third kappa shape index (κ3) is 3.50. The monoisotopic (exact) mass is 435 g/mol. The van der Waals surface area contributed by atoms with E-state index in [9.17, 15) is 19.7 Å². The topological polar surface area (TPSA) is 111 Å². The molecule has 1 aliphatic heterocycles. The predicted octanol–water partition coefficient (Wildman–Crippen LogP) is 4.63. The number of benzene rings is 2.